The minimum atomic E-state index is 0.548. The van der Waals surface area contributed by atoms with Crippen molar-refractivity contribution in [2.75, 3.05) is 31.2 Å². The minimum absolute atomic E-state index is 0.548. The molecule has 0 bridgehead atoms. The molecule has 0 aromatic carbocycles. The summed E-state index contributed by atoms with van der Waals surface area (Å²) in [7, 11) is 0. The van der Waals surface area contributed by atoms with E-state index in [9.17, 15) is 0 Å². The fourth-order valence-corrected chi connectivity index (χ4v) is 1.87. The molecule has 4 heteroatoms. The summed E-state index contributed by atoms with van der Waals surface area (Å²) >= 11 is 0. The highest BCUT2D eigenvalue weighted by molar-refractivity contribution is 5.50. The summed E-state index contributed by atoms with van der Waals surface area (Å²) in [6.45, 7) is 5.99. The number of nitrogens with two attached hydrogens (primary N) is 1. The van der Waals surface area contributed by atoms with Crippen LogP contribution in [0.1, 0.15) is 11.1 Å². The van der Waals surface area contributed by atoms with Gasteiger partial charge in [-0.15, -0.1) is 0 Å². The van der Waals surface area contributed by atoms with Gasteiger partial charge in [-0.05, 0) is 18.6 Å². The highest BCUT2D eigenvalue weighted by atomic mass is 16.5. The van der Waals surface area contributed by atoms with Crippen LogP contribution in [0.2, 0.25) is 0 Å². The number of pyridine rings is 1. The second-order valence-electron chi connectivity index (χ2n) is 3.73. The molecule has 0 atom stereocenters. The number of morpholine rings is 1. The first kappa shape index (κ1) is 10.4. The average molecular weight is 207 g/mol. The summed E-state index contributed by atoms with van der Waals surface area (Å²) < 4.78 is 5.32. The van der Waals surface area contributed by atoms with Gasteiger partial charge in [0.25, 0.3) is 0 Å². The zero-order valence-electron chi connectivity index (χ0n) is 9.07. The van der Waals surface area contributed by atoms with Crippen LogP contribution in [0.4, 0.5) is 5.82 Å². The number of hydrogen-bond donors (Lipinski definition) is 1. The summed E-state index contributed by atoms with van der Waals surface area (Å²) in [4.78, 5) is 6.67. The summed E-state index contributed by atoms with van der Waals surface area (Å²) in [6, 6.07) is 2.01. The SMILES string of the molecule is Cc1ccnc(N2CCOCC2)c1CN. The van der Waals surface area contributed by atoms with E-state index < -0.39 is 0 Å². The summed E-state index contributed by atoms with van der Waals surface area (Å²) in [5, 5.41) is 0. The Labute approximate surface area is 90.0 Å². The Bertz CT molecular complexity index is 335. The predicted octanol–water partition coefficient (Wildman–Crippen LogP) is 0.685. The number of aryl methyl sites for hydroxylation is 1. The Hall–Kier alpha value is -1.13. The van der Waals surface area contributed by atoms with E-state index in [1.54, 1.807) is 0 Å². The fraction of sp³-hybridized carbons (Fsp3) is 0.545. The number of aromatic nitrogens is 1. The van der Waals surface area contributed by atoms with Crippen molar-refractivity contribution in [1.82, 2.24) is 4.98 Å². The highest BCUT2D eigenvalue weighted by Gasteiger charge is 2.16. The lowest BCUT2D eigenvalue weighted by Crippen LogP contribution is -2.37. The topological polar surface area (TPSA) is 51.4 Å². The Kier molecular flexibility index (Phi) is 3.18. The number of hydrogen-bond acceptors (Lipinski definition) is 4. The quantitative estimate of drug-likeness (QED) is 0.775. The standard InChI is InChI=1S/C11H17N3O/c1-9-2-3-13-11(10(9)8-12)14-4-6-15-7-5-14/h2-3H,4-8,12H2,1H3. The summed E-state index contributed by atoms with van der Waals surface area (Å²) in [6.07, 6.45) is 1.85. The lowest BCUT2D eigenvalue weighted by Gasteiger charge is -2.29. The Balaban J connectivity index is 2.29. The van der Waals surface area contributed by atoms with Gasteiger partial charge in [0.05, 0.1) is 13.2 Å². The van der Waals surface area contributed by atoms with Gasteiger partial charge in [-0.3, -0.25) is 0 Å². The van der Waals surface area contributed by atoms with E-state index in [1.165, 1.54) is 5.56 Å². The van der Waals surface area contributed by atoms with Crippen molar-refractivity contribution >= 4 is 5.82 Å². The van der Waals surface area contributed by atoms with Crippen molar-refractivity contribution in [2.24, 2.45) is 5.73 Å². The second-order valence-corrected chi connectivity index (χ2v) is 3.73. The largest absolute Gasteiger partial charge is 0.378 e. The molecule has 82 valence electrons. The van der Waals surface area contributed by atoms with Crippen LogP contribution in [0.3, 0.4) is 0 Å². The fourth-order valence-electron chi connectivity index (χ4n) is 1.87. The summed E-state index contributed by atoms with van der Waals surface area (Å²) in [5.41, 5.74) is 8.13. The molecule has 0 spiro atoms. The molecule has 1 saturated heterocycles. The van der Waals surface area contributed by atoms with E-state index >= 15 is 0 Å². The van der Waals surface area contributed by atoms with Gasteiger partial charge in [0.2, 0.25) is 0 Å². The molecule has 0 amide bonds. The Morgan fingerprint density at radius 2 is 2.20 bits per heavy atom. The van der Waals surface area contributed by atoms with Crippen LogP contribution >= 0.6 is 0 Å². The van der Waals surface area contributed by atoms with Gasteiger partial charge < -0.3 is 15.4 Å². The maximum Gasteiger partial charge on any atom is 0.133 e. The van der Waals surface area contributed by atoms with E-state index in [4.69, 9.17) is 10.5 Å². The number of rotatable bonds is 2. The van der Waals surface area contributed by atoms with Crippen LogP contribution < -0.4 is 10.6 Å². The van der Waals surface area contributed by atoms with Crippen molar-refractivity contribution in [1.29, 1.82) is 0 Å². The first-order valence-corrected chi connectivity index (χ1v) is 5.30. The van der Waals surface area contributed by atoms with Crippen molar-refractivity contribution in [2.45, 2.75) is 13.5 Å². The minimum Gasteiger partial charge on any atom is -0.378 e. The van der Waals surface area contributed by atoms with Gasteiger partial charge in [0, 0.05) is 31.4 Å². The van der Waals surface area contributed by atoms with Crippen molar-refractivity contribution in [3.63, 3.8) is 0 Å². The maximum absolute atomic E-state index is 5.76. The van der Waals surface area contributed by atoms with E-state index in [2.05, 4.69) is 16.8 Å². The van der Waals surface area contributed by atoms with Crippen LogP contribution in [0.25, 0.3) is 0 Å². The molecule has 0 saturated carbocycles. The molecule has 2 N–H and O–H groups in total. The Morgan fingerprint density at radius 1 is 1.47 bits per heavy atom. The third-order valence-corrected chi connectivity index (χ3v) is 2.78. The van der Waals surface area contributed by atoms with Crippen molar-refractivity contribution in [3.8, 4) is 0 Å². The van der Waals surface area contributed by atoms with Gasteiger partial charge in [-0.1, -0.05) is 0 Å². The van der Waals surface area contributed by atoms with Gasteiger partial charge in [0.15, 0.2) is 0 Å². The van der Waals surface area contributed by atoms with Gasteiger partial charge in [-0.2, -0.15) is 0 Å². The second kappa shape index (κ2) is 4.59. The van der Waals surface area contributed by atoms with Gasteiger partial charge >= 0.3 is 0 Å². The molecule has 2 heterocycles. The third kappa shape index (κ3) is 2.11. The molecule has 1 aromatic rings. The van der Waals surface area contributed by atoms with Crippen LogP contribution in [-0.2, 0) is 11.3 Å². The maximum atomic E-state index is 5.76. The molecule has 0 unspecified atom stereocenters. The molecule has 15 heavy (non-hydrogen) atoms. The molecule has 1 aliphatic rings. The third-order valence-electron chi connectivity index (χ3n) is 2.78. The zero-order valence-corrected chi connectivity index (χ0v) is 9.07. The first-order chi connectivity index (χ1) is 7.33. The average Bonchev–Trinajstić information content (AvgIpc) is 2.30. The van der Waals surface area contributed by atoms with Crippen molar-refractivity contribution < 1.29 is 4.74 Å². The predicted molar refractivity (Wildman–Crippen MR) is 59.9 cm³/mol. The highest BCUT2D eigenvalue weighted by Crippen LogP contribution is 2.20. The first-order valence-electron chi connectivity index (χ1n) is 5.30. The molecular weight excluding hydrogens is 190 g/mol. The van der Waals surface area contributed by atoms with Crippen molar-refractivity contribution in [3.05, 3.63) is 23.4 Å². The molecule has 1 aliphatic heterocycles. The number of ether oxygens (including phenoxy) is 1. The van der Waals surface area contributed by atoms with Crippen LogP contribution in [0, 0.1) is 6.92 Å². The summed E-state index contributed by atoms with van der Waals surface area (Å²) in [5.74, 6) is 1.03. The molecule has 0 aliphatic carbocycles. The molecule has 1 aromatic heterocycles. The van der Waals surface area contributed by atoms with E-state index in [-0.39, 0.29) is 0 Å². The smallest absolute Gasteiger partial charge is 0.133 e. The molecule has 1 fully saturated rings. The van der Waals surface area contributed by atoms with E-state index in [0.717, 1.165) is 37.7 Å². The van der Waals surface area contributed by atoms with E-state index in [0.29, 0.717) is 6.54 Å². The van der Waals surface area contributed by atoms with Crippen LogP contribution in [0.15, 0.2) is 12.3 Å². The zero-order chi connectivity index (χ0) is 10.7. The lowest BCUT2D eigenvalue weighted by atomic mass is 10.1. The molecule has 2 rings (SSSR count). The van der Waals surface area contributed by atoms with Gasteiger partial charge in [-0.25, -0.2) is 4.98 Å². The van der Waals surface area contributed by atoms with Crippen LogP contribution in [0.5, 0.6) is 0 Å². The Morgan fingerprint density at radius 3 is 2.87 bits per heavy atom. The van der Waals surface area contributed by atoms with Gasteiger partial charge in [0.1, 0.15) is 5.82 Å². The number of anilines is 1. The molecular formula is C11H17N3O. The normalized spacial score (nSPS) is 16.8. The van der Waals surface area contributed by atoms with Crippen LogP contribution in [-0.4, -0.2) is 31.3 Å². The molecule has 4 nitrogen and oxygen atoms in total. The number of nitrogens with zero attached hydrogens (tertiary/aromatic N) is 2. The molecule has 0 radical (unpaired) electrons. The monoisotopic (exact) mass is 207 g/mol. The lowest BCUT2D eigenvalue weighted by molar-refractivity contribution is 0.122. The van der Waals surface area contributed by atoms with E-state index in [1.807, 2.05) is 12.3 Å².